The SMILES string of the molecule is CCc1ccc(C(O)c2ccc3c(c2)CCCO3)cc1. The Morgan fingerprint density at radius 3 is 2.60 bits per heavy atom. The molecule has 3 rings (SSSR count). The van der Waals surface area contributed by atoms with Gasteiger partial charge in [0.2, 0.25) is 0 Å². The predicted molar refractivity (Wildman–Crippen MR) is 80.1 cm³/mol. The van der Waals surface area contributed by atoms with Crippen LogP contribution >= 0.6 is 0 Å². The monoisotopic (exact) mass is 268 g/mol. The summed E-state index contributed by atoms with van der Waals surface area (Å²) in [4.78, 5) is 0. The lowest BCUT2D eigenvalue weighted by molar-refractivity contribution is 0.219. The van der Waals surface area contributed by atoms with E-state index in [9.17, 15) is 5.11 Å². The van der Waals surface area contributed by atoms with Crippen LogP contribution in [0, 0.1) is 0 Å². The van der Waals surface area contributed by atoms with E-state index >= 15 is 0 Å². The lowest BCUT2D eigenvalue weighted by Gasteiger charge is -2.19. The van der Waals surface area contributed by atoms with E-state index in [-0.39, 0.29) is 0 Å². The summed E-state index contributed by atoms with van der Waals surface area (Å²) >= 11 is 0. The number of aryl methyl sites for hydroxylation is 2. The van der Waals surface area contributed by atoms with Gasteiger partial charge in [-0.3, -0.25) is 0 Å². The zero-order valence-electron chi connectivity index (χ0n) is 11.8. The molecule has 0 spiro atoms. The van der Waals surface area contributed by atoms with E-state index in [0.29, 0.717) is 0 Å². The molecule has 1 unspecified atom stereocenters. The van der Waals surface area contributed by atoms with Gasteiger partial charge < -0.3 is 9.84 Å². The first kappa shape index (κ1) is 13.2. The maximum absolute atomic E-state index is 10.5. The highest BCUT2D eigenvalue weighted by Gasteiger charge is 2.15. The van der Waals surface area contributed by atoms with Crippen molar-refractivity contribution in [2.75, 3.05) is 6.61 Å². The van der Waals surface area contributed by atoms with Gasteiger partial charge in [-0.1, -0.05) is 37.3 Å². The van der Waals surface area contributed by atoms with Crippen LogP contribution in [-0.4, -0.2) is 11.7 Å². The standard InChI is InChI=1S/C18H20O2/c1-2-13-5-7-14(8-6-13)18(19)16-9-10-17-15(12-16)4-3-11-20-17/h5-10,12,18-19H,2-4,11H2,1H3. The first-order chi connectivity index (χ1) is 9.78. The minimum Gasteiger partial charge on any atom is -0.493 e. The Labute approximate surface area is 120 Å². The minimum atomic E-state index is -0.562. The molecule has 2 nitrogen and oxygen atoms in total. The molecular formula is C18H20O2. The molecule has 0 saturated carbocycles. The summed E-state index contributed by atoms with van der Waals surface area (Å²) in [5.41, 5.74) is 4.38. The van der Waals surface area contributed by atoms with E-state index < -0.39 is 6.10 Å². The molecule has 104 valence electrons. The fourth-order valence-corrected chi connectivity index (χ4v) is 2.68. The zero-order valence-corrected chi connectivity index (χ0v) is 11.8. The number of aliphatic hydroxyl groups is 1. The van der Waals surface area contributed by atoms with Gasteiger partial charge in [0.25, 0.3) is 0 Å². The van der Waals surface area contributed by atoms with Gasteiger partial charge in [-0.2, -0.15) is 0 Å². The third-order valence-corrected chi connectivity index (χ3v) is 3.95. The van der Waals surface area contributed by atoms with Crippen molar-refractivity contribution in [3.8, 4) is 5.75 Å². The van der Waals surface area contributed by atoms with Gasteiger partial charge in [0.1, 0.15) is 11.9 Å². The minimum absolute atomic E-state index is 0.562. The fourth-order valence-electron chi connectivity index (χ4n) is 2.68. The number of hydrogen-bond acceptors (Lipinski definition) is 2. The smallest absolute Gasteiger partial charge is 0.122 e. The summed E-state index contributed by atoms with van der Waals surface area (Å²) in [7, 11) is 0. The van der Waals surface area contributed by atoms with Crippen molar-refractivity contribution in [1.82, 2.24) is 0 Å². The summed E-state index contributed by atoms with van der Waals surface area (Å²) in [6, 6.07) is 14.2. The van der Waals surface area contributed by atoms with Crippen molar-refractivity contribution in [3.05, 3.63) is 64.7 Å². The molecule has 1 aliphatic rings. The first-order valence-corrected chi connectivity index (χ1v) is 7.30. The highest BCUT2D eigenvalue weighted by atomic mass is 16.5. The molecule has 2 aromatic rings. The lowest BCUT2D eigenvalue weighted by atomic mass is 9.96. The van der Waals surface area contributed by atoms with Crippen molar-refractivity contribution < 1.29 is 9.84 Å². The molecular weight excluding hydrogens is 248 g/mol. The molecule has 0 fully saturated rings. The molecule has 0 saturated heterocycles. The van der Waals surface area contributed by atoms with Crippen LogP contribution in [0.25, 0.3) is 0 Å². The topological polar surface area (TPSA) is 29.5 Å². The van der Waals surface area contributed by atoms with Crippen LogP contribution in [0.5, 0.6) is 5.75 Å². The number of aliphatic hydroxyl groups excluding tert-OH is 1. The quantitative estimate of drug-likeness (QED) is 0.920. The molecule has 0 bridgehead atoms. The first-order valence-electron chi connectivity index (χ1n) is 7.30. The van der Waals surface area contributed by atoms with Crippen LogP contribution in [-0.2, 0) is 12.8 Å². The summed E-state index contributed by atoms with van der Waals surface area (Å²) in [5.74, 6) is 0.966. The molecule has 20 heavy (non-hydrogen) atoms. The van der Waals surface area contributed by atoms with Crippen molar-refractivity contribution >= 4 is 0 Å². The Kier molecular flexibility index (Phi) is 3.75. The Bertz CT molecular complexity index is 587. The van der Waals surface area contributed by atoms with Crippen molar-refractivity contribution in [2.45, 2.75) is 32.3 Å². The van der Waals surface area contributed by atoms with Crippen molar-refractivity contribution in [3.63, 3.8) is 0 Å². The van der Waals surface area contributed by atoms with E-state index in [4.69, 9.17) is 4.74 Å². The van der Waals surface area contributed by atoms with E-state index in [1.165, 1.54) is 11.1 Å². The molecule has 0 radical (unpaired) electrons. The predicted octanol–water partition coefficient (Wildman–Crippen LogP) is 3.66. The summed E-state index contributed by atoms with van der Waals surface area (Å²) in [5, 5.41) is 10.5. The lowest BCUT2D eigenvalue weighted by Crippen LogP contribution is -2.09. The van der Waals surface area contributed by atoms with Crippen LogP contribution in [0.1, 0.15) is 41.7 Å². The normalized spacial score (nSPS) is 15.3. The van der Waals surface area contributed by atoms with Gasteiger partial charge in [0, 0.05) is 0 Å². The second kappa shape index (κ2) is 5.68. The molecule has 2 heteroatoms. The maximum Gasteiger partial charge on any atom is 0.122 e. The zero-order chi connectivity index (χ0) is 13.9. The van der Waals surface area contributed by atoms with Gasteiger partial charge in [0.15, 0.2) is 0 Å². The number of benzene rings is 2. The van der Waals surface area contributed by atoms with E-state index in [0.717, 1.165) is 42.7 Å². The van der Waals surface area contributed by atoms with Gasteiger partial charge in [-0.15, -0.1) is 0 Å². The molecule has 1 heterocycles. The van der Waals surface area contributed by atoms with Gasteiger partial charge in [-0.25, -0.2) is 0 Å². The van der Waals surface area contributed by atoms with Gasteiger partial charge in [-0.05, 0) is 53.6 Å². The van der Waals surface area contributed by atoms with Gasteiger partial charge in [0.05, 0.1) is 6.61 Å². The number of ether oxygens (including phenoxy) is 1. The van der Waals surface area contributed by atoms with Crippen LogP contribution in [0.3, 0.4) is 0 Å². The van der Waals surface area contributed by atoms with Crippen molar-refractivity contribution in [2.24, 2.45) is 0 Å². The maximum atomic E-state index is 10.5. The third kappa shape index (κ3) is 2.56. The Balaban J connectivity index is 1.87. The Morgan fingerprint density at radius 1 is 1.10 bits per heavy atom. The average molecular weight is 268 g/mol. The van der Waals surface area contributed by atoms with E-state index in [1.54, 1.807) is 0 Å². The number of rotatable bonds is 3. The molecule has 1 atom stereocenters. The molecule has 0 aliphatic carbocycles. The number of hydrogen-bond donors (Lipinski definition) is 1. The molecule has 0 amide bonds. The van der Waals surface area contributed by atoms with Crippen LogP contribution in [0.2, 0.25) is 0 Å². The summed E-state index contributed by atoms with van der Waals surface area (Å²) in [6.07, 6.45) is 2.54. The van der Waals surface area contributed by atoms with E-state index in [1.807, 2.05) is 24.3 Å². The molecule has 0 aromatic heterocycles. The van der Waals surface area contributed by atoms with Gasteiger partial charge >= 0.3 is 0 Å². The number of fused-ring (bicyclic) bond motifs is 1. The summed E-state index contributed by atoms with van der Waals surface area (Å²) in [6.45, 7) is 2.93. The third-order valence-electron chi connectivity index (χ3n) is 3.95. The van der Waals surface area contributed by atoms with Crippen LogP contribution in [0.4, 0.5) is 0 Å². The largest absolute Gasteiger partial charge is 0.493 e. The van der Waals surface area contributed by atoms with Crippen molar-refractivity contribution in [1.29, 1.82) is 0 Å². The Morgan fingerprint density at radius 2 is 1.85 bits per heavy atom. The highest BCUT2D eigenvalue weighted by Crippen LogP contribution is 2.30. The fraction of sp³-hybridized carbons (Fsp3) is 0.333. The molecule has 1 aliphatic heterocycles. The molecule has 2 aromatic carbocycles. The summed E-state index contributed by atoms with van der Waals surface area (Å²) < 4.78 is 5.61. The van der Waals surface area contributed by atoms with Crippen LogP contribution < -0.4 is 4.74 Å². The van der Waals surface area contributed by atoms with E-state index in [2.05, 4.69) is 25.1 Å². The second-order valence-corrected chi connectivity index (χ2v) is 5.32. The Hall–Kier alpha value is -1.80. The second-order valence-electron chi connectivity index (χ2n) is 5.32. The highest BCUT2D eigenvalue weighted by molar-refractivity contribution is 5.41. The molecule has 1 N–H and O–H groups in total. The average Bonchev–Trinajstić information content (AvgIpc) is 2.54. The van der Waals surface area contributed by atoms with Crippen LogP contribution in [0.15, 0.2) is 42.5 Å².